The van der Waals surface area contributed by atoms with Crippen LogP contribution in [0.4, 0.5) is 5.00 Å². The Kier molecular flexibility index (Phi) is 3.49. The molecule has 0 atom stereocenters. The number of carbonyl (C=O) groups excluding carboxylic acids is 1. The summed E-state index contributed by atoms with van der Waals surface area (Å²) in [5.74, 6) is -1.30. The molecule has 1 amide bonds. The van der Waals surface area contributed by atoms with E-state index in [-0.39, 0.29) is 11.5 Å². The summed E-state index contributed by atoms with van der Waals surface area (Å²) in [7, 11) is 0. The predicted molar refractivity (Wildman–Crippen MR) is 73.0 cm³/mol. The maximum atomic E-state index is 12.0. The molecule has 0 fully saturated rings. The van der Waals surface area contributed by atoms with E-state index in [0.29, 0.717) is 10.6 Å². The van der Waals surface area contributed by atoms with Crippen LogP contribution in [-0.2, 0) is 0 Å². The zero-order valence-corrected chi connectivity index (χ0v) is 11.4. The maximum Gasteiger partial charge on any atom is 0.338 e. The number of thiophene rings is 2. The lowest BCUT2D eigenvalue weighted by Gasteiger charge is -2.03. The standard InChI is InChI=1S/C12H11NO3S2/c1-6-4-17-5-9(6)10(14)13-11-8(12(15)16)3-7(2)18-11/h3-5H,1-2H3,(H,13,14)(H,15,16). The van der Waals surface area contributed by atoms with Crippen LogP contribution >= 0.6 is 22.7 Å². The normalized spacial score (nSPS) is 10.3. The molecular formula is C12H11NO3S2. The summed E-state index contributed by atoms with van der Waals surface area (Å²) in [5.41, 5.74) is 1.61. The predicted octanol–water partition coefficient (Wildman–Crippen LogP) is 3.38. The molecule has 4 nitrogen and oxygen atoms in total. The van der Waals surface area contributed by atoms with E-state index in [1.165, 1.54) is 22.7 Å². The molecule has 2 aromatic rings. The van der Waals surface area contributed by atoms with E-state index in [1.54, 1.807) is 11.4 Å². The van der Waals surface area contributed by atoms with Gasteiger partial charge in [0.2, 0.25) is 0 Å². The van der Waals surface area contributed by atoms with Gasteiger partial charge in [-0.3, -0.25) is 4.79 Å². The van der Waals surface area contributed by atoms with Gasteiger partial charge < -0.3 is 10.4 Å². The molecule has 2 heterocycles. The maximum absolute atomic E-state index is 12.0. The van der Waals surface area contributed by atoms with Gasteiger partial charge in [-0.25, -0.2) is 4.79 Å². The minimum atomic E-state index is -1.03. The molecule has 6 heteroatoms. The lowest BCUT2D eigenvalue weighted by molar-refractivity contribution is 0.0698. The van der Waals surface area contributed by atoms with Gasteiger partial charge in [0.1, 0.15) is 5.00 Å². The molecule has 0 aliphatic carbocycles. The third-order valence-corrected chi connectivity index (χ3v) is 4.24. The van der Waals surface area contributed by atoms with Crippen molar-refractivity contribution in [1.29, 1.82) is 0 Å². The van der Waals surface area contributed by atoms with Crippen LogP contribution in [0.15, 0.2) is 16.8 Å². The number of carboxylic acid groups (broad SMARTS) is 1. The Morgan fingerprint density at radius 2 is 1.94 bits per heavy atom. The average molecular weight is 281 g/mol. The van der Waals surface area contributed by atoms with E-state index >= 15 is 0 Å². The highest BCUT2D eigenvalue weighted by Crippen LogP contribution is 2.28. The van der Waals surface area contributed by atoms with E-state index in [2.05, 4.69) is 5.32 Å². The number of aromatic carboxylic acids is 1. The van der Waals surface area contributed by atoms with Gasteiger partial charge in [0.25, 0.3) is 5.91 Å². The fourth-order valence-electron chi connectivity index (χ4n) is 1.53. The second kappa shape index (κ2) is 4.91. The van der Waals surface area contributed by atoms with Gasteiger partial charge in [0.15, 0.2) is 0 Å². The van der Waals surface area contributed by atoms with Crippen LogP contribution in [0.5, 0.6) is 0 Å². The van der Waals surface area contributed by atoms with Crippen molar-refractivity contribution in [3.63, 3.8) is 0 Å². The van der Waals surface area contributed by atoms with Crippen molar-refractivity contribution in [2.45, 2.75) is 13.8 Å². The van der Waals surface area contributed by atoms with Gasteiger partial charge in [-0.05, 0) is 30.9 Å². The molecule has 0 aliphatic rings. The number of rotatable bonds is 3. The van der Waals surface area contributed by atoms with Crippen LogP contribution in [0.2, 0.25) is 0 Å². The first-order valence-corrected chi connectivity index (χ1v) is 6.93. The topological polar surface area (TPSA) is 66.4 Å². The number of anilines is 1. The van der Waals surface area contributed by atoms with E-state index in [9.17, 15) is 9.59 Å². The van der Waals surface area contributed by atoms with Crippen molar-refractivity contribution in [1.82, 2.24) is 0 Å². The molecule has 0 aromatic carbocycles. The first kappa shape index (κ1) is 12.8. The highest BCUT2D eigenvalue weighted by Gasteiger charge is 2.17. The van der Waals surface area contributed by atoms with Crippen LogP contribution in [-0.4, -0.2) is 17.0 Å². The Morgan fingerprint density at radius 3 is 2.50 bits per heavy atom. The minimum Gasteiger partial charge on any atom is -0.478 e. The quantitative estimate of drug-likeness (QED) is 0.906. The fraction of sp³-hybridized carbons (Fsp3) is 0.167. The fourth-order valence-corrected chi connectivity index (χ4v) is 3.26. The number of carbonyl (C=O) groups is 2. The second-order valence-electron chi connectivity index (χ2n) is 3.83. The van der Waals surface area contributed by atoms with E-state index in [1.807, 2.05) is 19.2 Å². The van der Waals surface area contributed by atoms with Crippen molar-refractivity contribution in [3.8, 4) is 0 Å². The van der Waals surface area contributed by atoms with Gasteiger partial charge in [-0.15, -0.1) is 11.3 Å². The molecule has 2 rings (SSSR count). The number of amides is 1. The molecule has 0 saturated carbocycles. The molecule has 94 valence electrons. The minimum absolute atomic E-state index is 0.138. The third kappa shape index (κ3) is 2.44. The first-order chi connectivity index (χ1) is 8.49. The summed E-state index contributed by atoms with van der Waals surface area (Å²) in [6.45, 7) is 3.66. The van der Waals surface area contributed by atoms with Crippen molar-refractivity contribution >= 4 is 39.6 Å². The Labute approximate surface area is 112 Å². The lowest BCUT2D eigenvalue weighted by atomic mass is 10.2. The number of hydrogen-bond donors (Lipinski definition) is 2. The van der Waals surface area contributed by atoms with Gasteiger partial charge in [0.05, 0.1) is 11.1 Å². The molecule has 0 aliphatic heterocycles. The summed E-state index contributed by atoms with van der Waals surface area (Å²) in [5, 5.41) is 15.7. The summed E-state index contributed by atoms with van der Waals surface area (Å²) >= 11 is 2.71. The monoisotopic (exact) mass is 281 g/mol. The van der Waals surface area contributed by atoms with Gasteiger partial charge >= 0.3 is 5.97 Å². The Hall–Kier alpha value is -1.66. The molecule has 2 aromatic heterocycles. The summed E-state index contributed by atoms with van der Waals surface area (Å²) in [6, 6.07) is 1.56. The van der Waals surface area contributed by atoms with Crippen LogP contribution in [0.3, 0.4) is 0 Å². The highest BCUT2D eigenvalue weighted by molar-refractivity contribution is 7.16. The van der Waals surface area contributed by atoms with E-state index < -0.39 is 5.97 Å². The second-order valence-corrected chi connectivity index (χ2v) is 5.83. The zero-order valence-electron chi connectivity index (χ0n) is 9.81. The highest BCUT2D eigenvalue weighted by atomic mass is 32.1. The molecule has 0 spiro atoms. The summed E-state index contributed by atoms with van der Waals surface area (Å²) < 4.78 is 0. The third-order valence-electron chi connectivity index (χ3n) is 2.41. The molecule has 18 heavy (non-hydrogen) atoms. The smallest absolute Gasteiger partial charge is 0.338 e. The average Bonchev–Trinajstić information content (AvgIpc) is 2.84. The van der Waals surface area contributed by atoms with Crippen LogP contribution in [0.25, 0.3) is 0 Å². The Bertz CT molecular complexity index is 613. The molecule has 2 N–H and O–H groups in total. The van der Waals surface area contributed by atoms with Gasteiger partial charge in [0, 0.05) is 10.3 Å². The van der Waals surface area contributed by atoms with E-state index in [0.717, 1.165) is 10.4 Å². The molecule has 0 bridgehead atoms. The van der Waals surface area contributed by atoms with Crippen molar-refractivity contribution in [2.24, 2.45) is 0 Å². The van der Waals surface area contributed by atoms with Crippen molar-refractivity contribution in [2.75, 3.05) is 5.32 Å². The lowest BCUT2D eigenvalue weighted by Crippen LogP contribution is -2.13. The molecular weight excluding hydrogens is 270 g/mol. The van der Waals surface area contributed by atoms with Crippen LogP contribution in [0, 0.1) is 13.8 Å². The van der Waals surface area contributed by atoms with Crippen molar-refractivity contribution < 1.29 is 14.7 Å². The Balaban J connectivity index is 2.27. The number of nitrogens with one attached hydrogen (secondary N) is 1. The zero-order chi connectivity index (χ0) is 13.3. The summed E-state index contributed by atoms with van der Waals surface area (Å²) in [6.07, 6.45) is 0. The van der Waals surface area contributed by atoms with Crippen LogP contribution < -0.4 is 5.32 Å². The number of hydrogen-bond acceptors (Lipinski definition) is 4. The number of aryl methyl sites for hydroxylation is 2. The van der Waals surface area contributed by atoms with Crippen molar-refractivity contribution in [3.05, 3.63) is 38.4 Å². The van der Waals surface area contributed by atoms with E-state index in [4.69, 9.17) is 5.11 Å². The first-order valence-electron chi connectivity index (χ1n) is 5.17. The van der Waals surface area contributed by atoms with Gasteiger partial charge in [-0.2, -0.15) is 11.3 Å². The summed E-state index contributed by atoms with van der Waals surface area (Å²) in [4.78, 5) is 23.9. The largest absolute Gasteiger partial charge is 0.478 e. The molecule has 0 radical (unpaired) electrons. The molecule has 0 saturated heterocycles. The molecule has 0 unspecified atom stereocenters. The SMILES string of the molecule is Cc1cc(C(=O)O)c(NC(=O)c2cscc2C)s1. The Morgan fingerprint density at radius 1 is 1.22 bits per heavy atom. The number of carboxylic acids is 1. The van der Waals surface area contributed by atoms with Crippen LogP contribution in [0.1, 0.15) is 31.2 Å². The van der Waals surface area contributed by atoms with Gasteiger partial charge in [-0.1, -0.05) is 0 Å².